The number of anilines is 1. The Morgan fingerprint density at radius 1 is 0.969 bits per heavy atom. The molecule has 2 aliphatic rings. The van der Waals surface area contributed by atoms with Crippen LogP contribution in [0.4, 0.5) is 5.82 Å². The van der Waals surface area contributed by atoms with Gasteiger partial charge in [-0.1, -0.05) is 6.07 Å². The summed E-state index contributed by atoms with van der Waals surface area (Å²) >= 11 is 0. The summed E-state index contributed by atoms with van der Waals surface area (Å²) < 4.78 is 0. The van der Waals surface area contributed by atoms with E-state index in [1.165, 1.54) is 5.56 Å². The van der Waals surface area contributed by atoms with Crippen molar-refractivity contribution in [2.45, 2.75) is 19.3 Å². The lowest BCUT2D eigenvalue weighted by Crippen LogP contribution is -2.49. The fourth-order valence-corrected chi connectivity index (χ4v) is 4.66. The molecule has 0 radical (unpaired) electrons. The maximum Gasteiger partial charge on any atom is 0.254 e. The predicted molar refractivity (Wildman–Crippen MR) is 121 cm³/mol. The molecule has 1 aromatic carbocycles. The summed E-state index contributed by atoms with van der Waals surface area (Å²) in [5.41, 5.74) is 5.64. The van der Waals surface area contributed by atoms with E-state index in [0.717, 1.165) is 60.6 Å². The van der Waals surface area contributed by atoms with Gasteiger partial charge in [-0.25, -0.2) is 15.0 Å². The molecular formula is C24H23N7O. The molecule has 4 heterocycles. The van der Waals surface area contributed by atoms with Crippen LogP contribution in [0, 0.1) is 0 Å². The van der Waals surface area contributed by atoms with Crippen molar-refractivity contribution in [1.29, 1.82) is 0 Å². The first-order valence-electron chi connectivity index (χ1n) is 11.0. The van der Waals surface area contributed by atoms with E-state index in [-0.39, 0.29) is 5.91 Å². The maximum atomic E-state index is 13.1. The molecule has 0 spiro atoms. The largest absolute Gasteiger partial charge is 0.353 e. The third-order valence-corrected chi connectivity index (χ3v) is 6.34. The third kappa shape index (κ3) is 3.28. The molecule has 0 atom stereocenters. The summed E-state index contributed by atoms with van der Waals surface area (Å²) in [7, 11) is 0. The smallest absolute Gasteiger partial charge is 0.254 e. The number of nitrogens with zero attached hydrogens (tertiary/aromatic N) is 6. The first kappa shape index (κ1) is 18.9. The van der Waals surface area contributed by atoms with Gasteiger partial charge in [0.25, 0.3) is 5.91 Å². The van der Waals surface area contributed by atoms with Gasteiger partial charge in [-0.2, -0.15) is 0 Å². The molecule has 0 bridgehead atoms. The Morgan fingerprint density at radius 3 is 2.72 bits per heavy atom. The number of aryl methyl sites for hydroxylation is 1. The zero-order chi connectivity index (χ0) is 21.5. The molecule has 1 aliphatic carbocycles. The highest BCUT2D eigenvalue weighted by Gasteiger charge is 2.28. The molecule has 6 rings (SSSR count). The molecule has 32 heavy (non-hydrogen) atoms. The average molecular weight is 425 g/mol. The second-order valence-corrected chi connectivity index (χ2v) is 8.28. The molecule has 160 valence electrons. The van der Waals surface area contributed by atoms with Crippen LogP contribution >= 0.6 is 0 Å². The lowest BCUT2D eigenvalue weighted by molar-refractivity contribution is 0.0746. The van der Waals surface area contributed by atoms with E-state index < -0.39 is 0 Å². The number of fused-ring (bicyclic) bond motifs is 2. The monoisotopic (exact) mass is 425 g/mol. The molecular weight excluding hydrogens is 402 g/mol. The first-order chi connectivity index (χ1) is 15.8. The standard InChI is InChI=1S/C24H23N7O/c32-24(16-7-8-19-21(14-16)27-15-26-19)31-12-10-30(11-13-31)23-17-4-3-6-18(17)28-22(29-23)20-5-1-2-9-25-20/h1-2,5,7-9,14-15H,3-4,6,10-13H2,(H,26,27). The average Bonchev–Trinajstić information content (AvgIpc) is 3.52. The van der Waals surface area contributed by atoms with Crippen LogP contribution in [-0.4, -0.2) is 61.9 Å². The van der Waals surface area contributed by atoms with Crippen molar-refractivity contribution in [2.24, 2.45) is 0 Å². The van der Waals surface area contributed by atoms with Crippen LogP contribution in [0.5, 0.6) is 0 Å². The molecule has 1 fully saturated rings. The van der Waals surface area contributed by atoms with Crippen LogP contribution in [-0.2, 0) is 12.8 Å². The molecule has 1 saturated heterocycles. The number of H-pyrrole nitrogens is 1. The topological polar surface area (TPSA) is 90.9 Å². The van der Waals surface area contributed by atoms with Crippen molar-refractivity contribution in [3.8, 4) is 11.5 Å². The van der Waals surface area contributed by atoms with Crippen LogP contribution in [0.15, 0.2) is 48.9 Å². The minimum atomic E-state index is 0.0586. The van der Waals surface area contributed by atoms with Crippen molar-refractivity contribution in [3.63, 3.8) is 0 Å². The Hall–Kier alpha value is -3.81. The summed E-state index contributed by atoms with van der Waals surface area (Å²) in [6.45, 7) is 2.83. The Balaban J connectivity index is 1.23. The first-order valence-corrected chi connectivity index (χ1v) is 11.0. The van der Waals surface area contributed by atoms with Gasteiger partial charge >= 0.3 is 0 Å². The summed E-state index contributed by atoms with van der Waals surface area (Å²) in [5, 5.41) is 0. The Kier molecular flexibility index (Phi) is 4.56. The van der Waals surface area contributed by atoms with Gasteiger partial charge in [0.1, 0.15) is 11.5 Å². The maximum absolute atomic E-state index is 13.1. The number of rotatable bonds is 3. The van der Waals surface area contributed by atoms with Gasteiger partial charge in [0.2, 0.25) is 0 Å². The second-order valence-electron chi connectivity index (χ2n) is 8.28. The van der Waals surface area contributed by atoms with Gasteiger partial charge in [0, 0.05) is 49.2 Å². The zero-order valence-electron chi connectivity index (χ0n) is 17.7. The Labute approximate surface area is 185 Å². The van der Waals surface area contributed by atoms with Gasteiger partial charge in [-0.15, -0.1) is 0 Å². The van der Waals surface area contributed by atoms with Crippen LogP contribution in [0.25, 0.3) is 22.6 Å². The molecule has 3 aromatic heterocycles. The zero-order valence-corrected chi connectivity index (χ0v) is 17.7. The number of piperazine rings is 1. The number of hydrogen-bond donors (Lipinski definition) is 1. The van der Waals surface area contributed by atoms with Crippen molar-refractivity contribution >= 4 is 22.8 Å². The van der Waals surface area contributed by atoms with Gasteiger partial charge in [0.15, 0.2) is 5.82 Å². The predicted octanol–water partition coefficient (Wildman–Crippen LogP) is 2.87. The summed E-state index contributed by atoms with van der Waals surface area (Å²) in [6, 6.07) is 11.4. The highest BCUT2D eigenvalue weighted by atomic mass is 16.2. The SMILES string of the molecule is O=C(c1ccc2nc[nH]c2c1)N1CCN(c2nc(-c3ccccn3)nc3c2CCC3)CC1. The molecule has 8 heteroatoms. The number of aromatic amines is 1. The number of hydrogen-bond acceptors (Lipinski definition) is 6. The number of carbonyl (C=O) groups is 1. The number of amides is 1. The van der Waals surface area contributed by atoms with Crippen LogP contribution in [0.1, 0.15) is 28.0 Å². The third-order valence-electron chi connectivity index (χ3n) is 6.34. The highest BCUT2D eigenvalue weighted by molar-refractivity contribution is 5.97. The van der Waals surface area contributed by atoms with Gasteiger partial charge in [-0.3, -0.25) is 9.78 Å². The summed E-state index contributed by atoms with van der Waals surface area (Å²) in [5.74, 6) is 1.76. The van der Waals surface area contributed by atoms with Gasteiger partial charge < -0.3 is 14.8 Å². The van der Waals surface area contributed by atoms with E-state index in [4.69, 9.17) is 9.97 Å². The fourth-order valence-electron chi connectivity index (χ4n) is 4.66. The van der Waals surface area contributed by atoms with Crippen molar-refractivity contribution in [3.05, 3.63) is 65.7 Å². The molecule has 0 unspecified atom stereocenters. The van der Waals surface area contributed by atoms with Gasteiger partial charge in [-0.05, 0) is 49.6 Å². The number of benzene rings is 1. The normalized spacial score (nSPS) is 15.9. The van der Waals surface area contributed by atoms with E-state index >= 15 is 0 Å². The second kappa shape index (κ2) is 7.71. The Morgan fingerprint density at radius 2 is 1.88 bits per heavy atom. The summed E-state index contributed by atoms with van der Waals surface area (Å²) in [4.78, 5) is 38.8. The number of nitrogens with one attached hydrogen (secondary N) is 1. The molecule has 1 amide bonds. The number of aromatic nitrogens is 5. The molecule has 1 aliphatic heterocycles. The van der Waals surface area contributed by atoms with Crippen LogP contribution in [0.3, 0.4) is 0 Å². The number of carbonyl (C=O) groups excluding carboxylic acids is 1. The number of imidazole rings is 1. The minimum absolute atomic E-state index is 0.0586. The minimum Gasteiger partial charge on any atom is -0.353 e. The summed E-state index contributed by atoms with van der Waals surface area (Å²) in [6.07, 6.45) is 6.53. The quantitative estimate of drug-likeness (QED) is 0.543. The van der Waals surface area contributed by atoms with Crippen molar-refractivity contribution < 1.29 is 4.79 Å². The van der Waals surface area contributed by atoms with E-state index in [0.29, 0.717) is 24.5 Å². The van der Waals surface area contributed by atoms with Crippen LogP contribution < -0.4 is 4.90 Å². The Bertz CT molecular complexity index is 1290. The molecule has 1 N–H and O–H groups in total. The molecule has 4 aromatic rings. The lowest BCUT2D eigenvalue weighted by atomic mass is 10.1. The highest BCUT2D eigenvalue weighted by Crippen LogP contribution is 2.31. The van der Waals surface area contributed by atoms with E-state index in [2.05, 4.69) is 19.9 Å². The number of pyridine rings is 1. The van der Waals surface area contributed by atoms with Crippen molar-refractivity contribution in [1.82, 2.24) is 29.8 Å². The van der Waals surface area contributed by atoms with E-state index in [1.54, 1.807) is 12.5 Å². The van der Waals surface area contributed by atoms with Crippen LogP contribution in [0.2, 0.25) is 0 Å². The van der Waals surface area contributed by atoms with E-state index in [9.17, 15) is 4.79 Å². The van der Waals surface area contributed by atoms with E-state index in [1.807, 2.05) is 41.3 Å². The molecule has 8 nitrogen and oxygen atoms in total. The van der Waals surface area contributed by atoms with Crippen molar-refractivity contribution in [2.75, 3.05) is 31.1 Å². The van der Waals surface area contributed by atoms with Gasteiger partial charge in [0.05, 0.1) is 17.4 Å². The fraction of sp³-hybridized carbons (Fsp3) is 0.292. The molecule has 0 saturated carbocycles. The lowest BCUT2D eigenvalue weighted by Gasteiger charge is -2.36.